The lowest BCUT2D eigenvalue weighted by molar-refractivity contribution is 0.0216. The van der Waals surface area contributed by atoms with Crippen LogP contribution in [-0.2, 0) is 11.8 Å². The lowest BCUT2D eigenvalue weighted by Crippen LogP contribution is -2.37. The predicted octanol–water partition coefficient (Wildman–Crippen LogP) is 2.30. The molecule has 1 aliphatic rings. The Morgan fingerprint density at radius 2 is 2.20 bits per heavy atom. The number of aromatic nitrogens is 2. The summed E-state index contributed by atoms with van der Waals surface area (Å²) in [6, 6.07) is -0.122. The van der Waals surface area contributed by atoms with Crippen molar-refractivity contribution in [1.29, 1.82) is 0 Å². The second-order valence-electron chi connectivity index (χ2n) is 6.05. The maximum absolute atomic E-state index is 12.2. The fourth-order valence-electron chi connectivity index (χ4n) is 2.43. The Hall–Kier alpha value is -1.85. The van der Waals surface area contributed by atoms with E-state index in [9.17, 15) is 9.59 Å². The molecular weight excluding hydrogens is 258 g/mol. The van der Waals surface area contributed by atoms with Crippen molar-refractivity contribution in [3.63, 3.8) is 0 Å². The molecule has 1 aliphatic heterocycles. The zero-order valence-electron chi connectivity index (χ0n) is 12.4. The standard InChI is InChI=1S/C14H21N3O3/c1-14(2,3)20-13(19)17-7-5-6-11(17)12-15-8-10(9-18)16(12)4/h8-9,11H,5-7H2,1-4H3. The van der Waals surface area contributed by atoms with Crippen molar-refractivity contribution in [2.24, 2.45) is 7.05 Å². The first-order valence-corrected chi connectivity index (χ1v) is 6.80. The Morgan fingerprint density at radius 1 is 1.50 bits per heavy atom. The van der Waals surface area contributed by atoms with Gasteiger partial charge in [0.1, 0.15) is 17.1 Å². The molecule has 0 aliphatic carbocycles. The number of nitrogens with zero attached hydrogens (tertiary/aromatic N) is 3. The first-order chi connectivity index (χ1) is 9.33. The van der Waals surface area contributed by atoms with Crippen molar-refractivity contribution >= 4 is 12.4 Å². The molecule has 6 nitrogen and oxygen atoms in total. The number of hydrogen-bond acceptors (Lipinski definition) is 4. The maximum atomic E-state index is 12.2. The van der Waals surface area contributed by atoms with Gasteiger partial charge in [0, 0.05) is 13.6 Å². The summed E-state index contributed by atoms with van der Waals surface area (Å²) in [5.41, 5.74) is -0.00385. The summed E-state index contributed by atoms with van der Waals surface area (Å²) in [7, 11) is 1.79. The van der Waals surface area contributed by atoms with E-state index in [0.717, 1.165) is 25.0 Å². The SMILES string of the molecule is Cn1c(C=O)cnc1C1CCCN1C(=O)OC(C)(C)C. The Labute approximate surface area is 118 Å². The van der Waals surface area contributed by atoms with E-state index in [-0.39, 0.29) is 12.1 Å². The predicted molar refractivity (Wildman–Crippen MR) is 73.5 cm³/mol. The molecular formula is C14H21N3O3. The van der Waals surface area contributed by atoms with Gasteiger partial charge in [-0.2, -0.15) is 0 Å². The van der Waals surface area contributed by atoms with Crippen LogP contribution in [0.15, 0.2) is 6.20 Å². The van der Waals surface area contributed by atoms with E-state index in [4.69, 9.17) is 4.74 Å². The van der Waals surface area contributed by atoms with Gasteiger partial charge in [-0.25, -0.2) is 9.78 Å². The van der Waals surface area contributed by atoms with Crippen LogP contribution >= 0.6 is 0 Å². The second kappa shape index (κ2) is 5.26. The second-order valence-corrected chi connectivity index (χ2v) is 6.05. The van der Waals surface area contributed by atoms with E-state index in [0.29, 0.717) is 12.2 Å². The van der Waals surface area contributed by atoms with Crippen molar-refractivity contribution in [3.8, 4) is 0 Å². The number of carbonyl (C=O) groups is 2. The Balaban J connectivity index is 2.20. The summed E-state index contributed by atoms with van der Waals surface area (Å²) in [4.78, 5) is 29.1. The van der Waals surface area contributed by atoms with Crippen LogP contribution in [0, 0.1) is 0 Å². The number of amides is 1. The highest BCUT2D eigenvalue weighted by atomic mass is 16.6. The van der Waals surface area contributed by atoms with Crippen LogP contribution in [0.1, 0.15) is 56.0 Å². The molecule has 110 valence electrons. The van der Waals surface area contributed by atoms with Gasteiger partial charge in [0.05, 0.1) is 12.2 Å². The fraction of sp³-hybridized carbons (Fsp3) is 0.643. The molecule has 0 N–H and O–H groups in total. The van der Waals surface area contributed by atoms with Gasteiger partial charge in [-0.3, -0.25) is 9.69 Å². The molecule has 0 aromatic carbocycles. The van der Waals surface area contributed by atoms with Crippen molar-refractivity contribution in [3.05, 3.63) is 17.7 Å². The molecule has 2 rings (SSSR count). The molecule has 2 heterocycles. The fourth-order valence-corrected chi connectivity index (χ4v) is 2.43. The minimum absolute atomic E-state index is 0.122. The number of likely N-dealkylation sites (tertiary alicyclic amines) is 1. The van der Waals surface area contributed by atoms with E-state index in [2.05, 4.69) is 4.98 Å². The van der Waals surface area contributed by atoms with E-state index < -0.39 is 5.60 Å². The molecule has 0 saturated carbocycles. The van der Waals surface area contributed by atoms with Crippen molar-refractivity contribution in [2.45, 2.75) is 45.3 Å². The van der Waals surface area contributed by atoms with Gasteiger partial charge in [-0.1, -0.05) is 0 Å². The number of rotatable bonds is 2. The van der Waals surface area contributed by atoms with Crippen LogP contribution in [-0.4, -0.2) is 39.0 Å². The monoisotopic (exact) mass is 279 g/mol. The van der Waals surface area contributed by atoms with Crippen LogP contribution in [0.4, 0.5) is 4.79 Å². The van der Waals surface area contributed by atoms with Crippen LogP contribution < -0.4 is 0 Å². The quantitative estimate of drug-likeness (QED) is 0.779. The summed E-state index contributed by atoms with van der Waals surface area (Å²) >= 11 is 0. The summed E-state index contributed by atoms with van der Waals surface area (Å²) in [6.07, 6.45) is 3.72. The third-order valence-corrected chi connectivity index (χ3v) is 3.36. The molecule has 1 unspecified atom stereocenters. The van der Waals surface area contributed by atoms with Gasteiger partial charge in [-0.15, -0.1) is 0 Å². The number of hydrogen-bond donors (Lipinski definition) is 0. The molecule has 1 saturated heterocycles. The van der Waals surface area contributed by atoms with E-state index in [1.807, 2.05) is 20.8 Å². The average Bonchev–Trinajstić information content (AvgIpc) is 2.92. The molecule has 20 heavy (non-hydrogen) atoms. The van der Waals surface area contributed by atoms with Gasteiger partial charge >= 0.3 is 6.09 Å². The summed E-state index contributed by atoms with van der Waals surface area (Å²) in [6.45, 7) is 6.20. The first kappa shape index (κ1) is 14.6. The Kier molecular flexibility index (Phi) is 3.83. The highest BCUT2D eigenvalue weighted by molar-refractivity contribution is 5.72. The molecule has 1 atom stereocenters. The number of ether oxygens (including phenoxy) is 1. The number of carbonyl (C=O) groups excluding carboxylic acids is 2. The average molecular weight is 279 g/mol. The number of aldehydes is 1. The molecule has 1 aromatic rings. The van der Waals surface area contributed by atoms with Gasteiger partial charge < -0.3 is 9.30 Å². The number of imidazole rings is 1. The lowest BCUT2D eigenvalue weighted by atomic mass is 10.2. The van der Waals surface area contributed by atoms with Gasteiger partial charge in [0.15, 0.2) is 6.29 Å². The molecule has 1 aromatic heterocycles. The van der Waals surface area contributed by atoms with E-state index in [1.165, 1.54) is 6.20 Å². The first-order valence-electron chi connectivity index (χ1n) is 6.80. The molecule has 0 bridgehead atoms. The van der Waals surface area contributed by atoms with Crippen molar-refractivity contribution < 1.29 is 14.3 Å². The summed E-state index contributed by atoms with van der Waals surface area (Å²) in [5.74, 6) is 0.732. The zero-order valence-corrected chi connectivity index (χ0v) is 12.4. The van der Waals surface area contributed by atoms with Crippen molar-refractivity contribution in [1.82, 2.24) is 14.5 Å². The van der Waals surface area contributed by atoms with E-state index >= 15 is 0 Å². The van der Waals surface area contributed by atoms with Crippen LogP contribution in [0.2, 0.25) is 0 Å². The van der Waals surface area contributed by atoms with Crippen LogP contribution in [0.3, 0.4) is 0 Å². The minimum Gasteiger partial charge on any atom is -0.444 e. The van der Waals surface area contributed by atoms with Gasteiger partial charge in [0.25, 0.3) is 0 Å². The zero-order chi connectivity index (χ0) is 14.9. The molecule has 1 amide bonds. The molecule has 0 radical (unpaired) electrons. The highest BCUT2D eigenvalue weighted by Crippen LogP contribution is 2.32. The van der Waals surface area contributed by atoms with Crippen LogP contribution in [0.25, 0.3) is 0 Å². The smallest absolute Gasteiger partial charge is 0.410 e. The largest absolute Gasteiger partial charge is 0.444 e. The van der Waals surface area contributed by atoms with E-state index in [1.54, 1.807) is 16.5 Å². The molecule has 6 heteroatoms. The molecule has 1 fully saturated rings. The normalized spacial score (nSPS) is 19.2. The third kappa shape index (κ3) is 2.84. The van der Waals surface area contributed by atoms with Gasteiger partial charge in [-0.05, 0) is 33.6 Å². The summed E-state index contributed by atoms with van der Waals surface area (Å²) in [5, 5.41) is 0. The Bertz CT molecular complexity index is 516. The maximum Gasteiger partial charge on any atom is 0.410 e. The summed E-state index contributed by atoms with van der Waals surface area (Å²) < 4.78 is 7.16. The van der Waals surface area contributed by atoms with Gasteiger partial charge in [0.2, 0.25) is 0 Å². The molecule has 0 spiro atoms. The van der Waals surface area contributed by atoms with Crippen LogP contribution in [0.5, 0.6) is 0 Å². The Morgan fingerprint density at radius 3 is 2.75 bits per heavy atom. The lowest BCUT2D eigenvalue weighted by Gasteiger charge is -2.28. The van der Waals surface area contributed by atoms with Crippen molar-refractivity contribution in [2.75, 3.05) is 6.54 Å². The highest BCUT2D eigenvalue weighted by Gasteiger charge is 2.35. The minimum atomic E-state index is -0.514. The topological polar surface area (TPSA) is 64.4 Å². The third-order valence-electron chi connectivity index (χ3n) is 3.36.